The number of halogens is 1. The summed E-state index contributed by atoms with van der Waals surface area (Å²) in [4.78, 5) is 26.4. The van der Waals surface area contributed by atoms with E-state index in [1.807, 2.05) is 0 Å². The average molecular weight is 447 g/mol. The zero-order valence-electron chi connectivity index (χ0n) is 17.3. The molecule has 1 fully saturated rings. The summed E-state index contributed by atoms with van der Waals surface area (Å²) in [5, 5.41) is 0. The van der Waals surface area contributed by atoms with Crippen molar-refractivity contribution in [1.82, 2.24) is 18.3 Å². The van der Waals surface area contributed by atoms with Crippen LogP contribution in [0.5, 0.6) is 0 Å². The van der Waals surface area contributed by atoms with Crippen molar-refractivity contribution < 1.29 is 17.6 Å². The van der Waals surface area contributed by atoms with E-state index in [9.17, 15) is 22.4 Å². The molecule has 0 atom stereocenters. The molecule has 1 aliphatic heterocycles. The van der Waals surface area contributed by atoms with Crippen molar-refractivity contribution in [3.63, 3.8) is 0 Å². The number of rotatable bonds is 4. The molecule has 1 amide bonds. The monoisotopic (exact) mass is 446 g/mol. The summed E-state index contributed by atoms with van der Waals surface area (Å²) in [7, 11) is -0.514. The number of aromatic nitrogens is 2. The highest BCUT2D eigenvalue weighted by molar-refractivity contribution is 7.89. The Balaban J connectivity index is 1.47. The average Bonchev–Trinajstić information content (AvgIpc) is 2.99. The third kappa shape index (κ3) is 3.88. The molecule has 10 heteroatoms. The Labute approximate surface area is 179 Å². The summed E-state index contributed by atoms with van der Waals surface area (Å²) >= 11 is 0. The van der Waals surface area contributed by atoms with E-state index in [1.54, 1.807) is 37.2 Å². The topological polar surface area (TPSA) is 84.6 Å². The van der Waals surface area contributed by atoms with E-state index in [1.165, 1.54) is 37.7 Å². The van der Waals surface area contributed by atoms with Gasteiger partial charge in [0.05, 0.1) is 22.3 Å². The maximum Gasteiger partial charge on any atom is 0.328 e. The highest BCUT2D eigenvalue weighted by Crippen LogP contribution is 2.22. The smallest absolute Gasteiger partial charge is 0.328 e. The first-order valence-corrected chi connectivity index (χ1v) is 11.3. The molecular weight excluding hydrogens is 423 g/mol. The lowest BCUT2D eigenvalue weighted by atomic mass is 10.1. The van der Waals surface area contributed by atoms with Gasteiger partial charge in [-0.25, -0.2) is 17.6 Å². The van der Waals surface area contributed by atoms with E-state index in [0.717, 1.165) is 0 Å². The van der Waals surface area contributed by atoms with Gasteiger partial charge in [0, 0.05) is 40.3 Å². The first-order chi connectivity index (χ1) is 14.7. The van der Waals surface area contributed by atoms with Crippen molar-refractivity contribution in [2.45, 2.75) is 11.3 Å². The molecule has 2 aromatic carbocycles. The van der Waals surface area contributed by atoms with Gasteiger partial charge in [-0.1, -0.05) is 12.1 Å². The molecule has 0 radical (unpaired) electrons. The fraction of sp³-hybridized carbons (Fsp3) is 0.333. The molecule has 1 aliphatic rings. The SMILES string of the molecule is Cn1c(=O)n(C)c2cc(S(=O)(=O)N3CCN(C(=O)Cc4ccc(F)cc4)CC3)ccc21. The molecule has 1 saturated heterocycles. The Morgan fingerprint density at radius 1 is 0.935 bits per heavy atom. The lowest BCUT2D eigenvalue weighted by Gasteiger charge is -2.34. The number of piperazine rings is 1. The molecule has 0 aliphatic carbocycles. The molecule has 31 heavy (non-hydrogen) atoms. The lowest BCUT2D eigenvalue weighted by molar-refractivity contribution is -0.131. The van der Waals surface area contributed by atoms with Gasteiger partial charge in [0.1, 0.15) is 5.82 Å². The van der Waals surface area contributed by atoms with Gasteiger partial charge < -0.3 is 4.90 Å². The van der Waals surface area contributed by atoms with Gasteiger partial charge in [-0.05, 0) is 35.9 Å². The van der Waals surface area contributed by atoms with Crippen LogP contribution in [0.1, 0.15) is 5.56 Å². The Morgan fingerprint density at radius 3 is 2.19 bits per heavy atom. The Morgan fingerprint density at radius 2 is 1.55 bits per heavy atom. The summed E-state index contributed by atoms with van der Waals surface area (Å²) in [5.74, 6) is -0.479. The van der Waals surface area contributed by atoms with Gasteiger partial charge in [0.25, 0.3) is 0 Å². The fourth-order valence-electron chi connectivity index (χ4n) is 3.86. The number of benzene rings is 2. The second kappa shape index (κ2) is 7.93. The number of nitrogens with zero attached hydrogens (tertiary/aromatic N) is 4. The minimum Gasteiger partial charge on any atom is -0.340 e. The number of aryl methyl sites for hydroxylation is 2. The molecule has 4 rings (SSSR count). The lowest BCUT2D eigenvalue weighted by Crippen LogP contribution is -2.50. The van der Waals surface area contributed by atoms with Crippen LogP contribution in [0.2, 0.25) is 0 Å². The Bertz CT molecular complexity index is 1300. The van der Waals surface area contributed by atoms with Crippen molar-refractivity contribution in [2.75, 3.05) is 26.2 Å². The maximum atomic E-state index is 13.1. The minimum absolute atomic E-state index is 0.118. The predicted molar refractivity (Wildman–Crippen MR) is 114 cm³/mol. The summed E-state index contributed by atoms with van der Waals surface area (Å²) in [6.45, 7) is 0.934. The minimum atomic E-state index is -3.76. The molecule has 0 unspecified atom stereocenters. The maximum absolute atomic E-state index is 13.1. The van der Waals surface area contributed by atoms with Crippen LogP contribution in [0, 0.1) is 5.82 Å². The number of hydrogen-bond donors (Lipinski definition) is 0. The van der Waals surface area contributed by atoms with Crippen LogP contribution in [0.3, 0.4) is 0 Å². The Kier molecular flexibility index (Phi) is 5.44. The molecule has 0 bridgehead atoms. The molecular formula is C21H23FN4O4S. The summed E-state index contributed by atoms with van der Waals surface area (Å²) < 4.78 is 43.5. The van der Waals surface area contributed by atoms with Crippen LogP contribution in [0.25, 0.3) is 11.0 Å². The van der Waals surface area contributed by atoms with Gasteiger partial charge in [-0.2, -0.15) is 4.31 Å². The van der Waals surface area contributed by atoms with Gasteiger partial charge in [0.15, 0.2) is 0 Å². The number of hydrogen-bond acceptors (Lipinski definition) is 4. The highest BCUT2D eigenvalue weighted by atomic mass is 32.2. The van der Waals surface area contributed by atoms with E-state index >= 15 is 0 Å². The van der Waals surface area contributed by atoms with E-state index in [-0.39, 0.29) is 54.9 Å². The van der Waals surface area contributed by atoms with E-state index in [4.69, 9.17) is 0 Å². The number of imidazole rings is 1. The largest absolute Gasteiger partial charge is 0.340 e. The number of amides is 1. The first-order valence-electron chi connectivity index (χ1n) is 9.86. The third-order valence-corrected chi connectivity index (χ3v) is 7.64. The van der Waals surface area contributed by atoms with Crippen LogP contribution in [0.15, 0.2) is 52.2 Å². The molecule has 3 aromatic rings. The van der Waals surface area contributed by atoms with Crippen molar-refractivity contribution in [2.24, 2.45) is 14.1 Å². The summed E-state index contributed by atoms with van der Waals surface area (Å²) in [5.41, 5.74) is 1.69. The standard InChI is InChI=1S/C21H23FN4O4S/c1-23-18-8-7-17(14-19(18)24(2)21(23)28)31(29,30)26-11-9-25(10-12-26)20(27)13-15-3-5-16(22)6-4-15/h3-8,14H,9-13H2,1-2H3. The first kappa shape index (κ1) is 21.3. The summed E-state index contributed by atoms with van der Waals surface area (Å²) in [6, 6.07) is 10.4. The quantitative estimate of drug-likeness (QED) is 0.601. The Hall–Kier alpha value is -2.98. The zero-order chi connectivity index (χ0) is 22.3. The van der Waals surface area contributed by atoms with Gasteiger partial charge in [-0.3, -0.25) is 13.9 Å². The second-order valence-electron chi connectivity index (χ2n) is 7.64. The van der Waals surface area contributed by atoms with Gasteiger partial charge in [0.2, 0.25) is 15.9 Å². The molecule has 0 spiro atoms. The molecule has 8 nitrogen and oxygen atoms in total. The number of sulfonamides is 1. The van der Waals surface area contributed by atoms with Crippen LogP contribution in [-0.2, 0) is 35.3 Å². The second-order valence-corrected chi connectivity index (χ2v) is 9.58. The number of carbonyl (C=O) groups excluding carboxylic acids is 1. The highest BCUT2D eigenvalue weighted by Gasteiger charge is 2.30. The van der Waals surface area contributed by atoms with Crippen LogP contribution in [0.4, 0.5) is 4.39 Å². The molecule has 0 saturated carbocycles. The van der Waals surface area contributed by atoms with Crippen molar-refractivity contribution >= 4 is 27.0 Å². The van der Waals surface area contributed by atoms with E-state index in [0.29, 0.717) is 16.6 Å². The molecule has 2 heterocycles. The van der Waals surface area contributed by atoms with Crippen LogP contribution < -0.4 is 5.69 Å². The zero-order valence-corrected chi connectivity index (χ0v) is 18.1. The molecule has 0 N–H and O–H groups in total. The summed E-state index contributed by atoms with van der Waals surface area (Å²) in [6.07, 6.45) is 0.145. The fourth-order valence-corrected chi connectivity index (χ4v) is 5.31. The van der Waals surface area contributed by atoms with Gasteiger partial charge >= 0.3 is 5.69 Å². The predicted octanol–water partition coefficient (Wildman–Crippen LogP) is 1.09. The van der Waals surface area contributed by atoms with Crippen LogP contribution >= 0.6 is 0 Å². The van der Waals surface area contributed by atoms with E-state index in [2.05, 4.69) is 0 Å². The van der Waals surface area contributed by atoms with Crippen LogP contribution in [-0.4, -0.2) is 58.8 Å². The third-order valence-electron chi connectivity index (χ3n) is 5.74. The number of carbonyl (C=O) groups is 1. The molecule has 164 valence electrons. The van der Waals surface area contributed by atoms with Gasteiger partial charge in [-0.15, -0.1) is 0 Å². The van der Waals surface area contributed by atoms with Crippen molar-refractivity contribution in [3.05, 3.63) is 64.3 Å². The van der Waals surface area contributed by atoms with Crippen molar-refractivity contribution in [1.29, 1.82) is 0 Å². The molecule has 1 aromatic heterocycles. The van der Waals surface area contributed by atoms with Crippen molar-refractivity contribution in [3.8, 4) is 0 Å². The normalized spacial score (nSPS) is 15.5. The number of fused-ring (bicyclic) bond motifs is 1. The van der Waals surface area contributed by atoms with E-state index < -0.39 is 10.0 Å².